The third-order valence-corrected chi connectivity index (χ3v) is 3.27. The molecule has 1 saturated heterocycles. The summed E-state index contributed by atoms with van der Waals surface area (Å²) in [6.45, 7) is 4.43. The second kappa shape index (κ2) is 4.97. The molecule has 0 aliphatic carbocycles. The third kappa shape index (κ3) is 2.44. The summed E-state index contributed by atoms with van der Waals surface area (Å²) < 4.78 is 1.05. The smallest absolute Gasteiger partial charge is 0.228 e. The average Bonchev–Trinajstić information content (AvgIpc) is 2.44. The van der Waals surface area contributed by atoms with Crippen molar-refractivity contribution in [1.82, 2.24) is 5.32 Å². The number of benzene rings is 1. The molecule has 1 aliphatic heterocycles. The molecule has 2 rings (SSSR count). The number of hydrogen-bond donors (Lipinski definition) is 1. The first-order chi connectivity index (χ1) is 7.68. The fourth-order valence-electron chi connectivity index (χ4n) is 1.95. The molecule has 0 atom stereocenters. The van der Waals surface area contributed by atoms with Gasteiger partial charge in [0.1, 0.15) is 0 Å². The van der Waals surface area contributed by atoms with Gasteiger partial charge in [0.25, 0.3) is 0 Å². The monoisotopic (exact) mass is 282 g/mol. The lowest BCUT2D eigenvalue weighted by Gasteiger charge is -2.22. The van der Waals surface area contributed by atoms with Crippen molar-refractivity contribution in [2.24, 2.45) is 0 Å². The Kier molecular flexibility index (Phi) is 3.61. The van der Waals surface area contributed by atoms with Gasteiger partial charge in [-0.05, 0) is 30.7 Å². The van der Waals surface area contributed by atoms with Crippen molar-refractivity contribution in [3.05, 3.63) is 28.2 Å². The predicted octanol–water partition coefficient (Wildman–Crippen LogP) is 2.08. The zero-order chi connectivity index (χ0) is 11.5. The van der Waals surface area contributed by atoms with E-state index >= 15 is 0 Å². The number of carbonyl (C=O) groups excluding carboxylic acids is 1. The van der Waals surface area contributed by atoms with E-state index in [1.54, 1.807) is 0 Å². The van der Waals surface area contributed by atoms with E-state index in [1.165, 1.54) is 0 Å². The molecule has 1 N–H and O–H groups in total. The van der Waals surface area contributed by atoms with Crippen LogP contribution in [0, 0.1) is 6.92 Å². The largest absolute Gasteiger partial charge is 0.314 e. The Balaban J connectivity index is 2.30. The van der Waals surface area contributed by atoms with Crippen LogP contribution in [-0.2, 0) is 4.79 Å². The second-order valence-corrected chi connectivity index (χ2v) is 4.89. The Labute approximate surface area is 104 Å². The minimum atomic E-state index is 0.204. The molecule has 0 saturated carbocycles. The molecule has 86 valence electrons. The molecule has 1 aromatic rings. The van der Waals surface area contributed by atoms with Crippen LogP contribution in [0.4, 0.5) is 5.69 Å². The zero-order valence-corrected chi connectivity index (χ0v) is 10.9. The molecule has 16 heavy (non-hydrogen) atoms. The van der Waals surface area contributed by atoms with Gasteiger partial charge >= 0.3 is 0 Å². The van der Waals surface area contributed by atoms with E-state index in [0.717, 1.165) is 35.4 Å². The Morgan fingerprint density at radius 3 is 2.94 bits per heavy atom. The van der Waals surface area contributed by atoms with Gasteiger partial charge in [-0.3, -0.25) is 4.79 Å². The molecule has 0 aromatic heterocycles. The van der Waals surface area contributed by atoms with Crippen molar-refractivity contribution in [2.45, 2.75) is 13.3 Å². The number of amides is 1. The van der Waals surface area contributed by atoms with Crippen molar-refractivity contribution < 1.29 is 4.79 Å². The Morgan fingerprint density at radius 1 is 1.38 bits per heavy atom. The van der Waals surface area contributed by atoms with Crippen molar-refractivity contribution >= 4 is 27.5 Å². The highest BCUT2D eigenvalue weighted by Gasteiger charge is 2.19. The van der Waals surface area contributed by atoms with Crippen molar-refractivity contribution in [3.8, 4) is 0 Å². The van der Waals surface area contributed by atoms with Crippen LogP contribution in [0.1, 0.15) is 12.0 Å². The maximum absolute atomic E-state index is 11.9. The van der Waals surface area contributed by atoms with E-state index in [-0.39, 0.29) is 5.91 Å². The quantitative estimate of drug-likeness (QED) is 0.856. The van der Waals surface area contributed by atoms with Gasteiger partial charge in [-0.15, -0.1) is 0 Å². The van der Waals surface area contributed by atoms with Gasteiger partial charge in [0.2, 0.25) is 5.91 Å². The number of nitrogens with zero attached hydrogens (tertiary/aromatic N) is 1. The minimum Gasteiger partial charge on any atom is -0.314 e. The Bertz CT molecular complexity index is 406. The van der Waals surface area contributed by atoms with Crippen LogP contribution in [0.15, 0.2) is 22.7 Å². The van der Waals surface area contributed by atoms with E-state index in [2.05, 4.69) is 21.2 Å². The van der Waals surface area contributed by atoms with Crippen LogP contribution in [-0.4, -0.2) is 25.5 Å². The maximum Gasteiger partial charge on any atom is 0.228 e. The van der Waals surface area contributed by atoms with E-state index in [0.29, 0.717) is 6.42 Å². The van der Waals surface area contributed by atoms with Gasteiger partial charge in [-0.25, -0.2) is 0 Å². The highest BCUT2D eigenvalue weighted by molar-refractivity contribution is 9.10. The van der Waals surface area contributed by atoms with E-state index in [4.69, 9.17) is 0 Å². The lowest BCUT2D eigenvalue weighted by Crippen LogP contribution is -2.32. The number of rotatable bonds is 1. The number of carbonyl (C=O) groups is 1. The molecule has 0 bridgehead atoms. The van der Waals surface area contributed by atoms with Gasteiger partial charge in [0, 0.05) is 36.2 Å². The summed E-state index contributed by atoms with van der Waals surface area (Å²) in [4.78, 5) is 13.8. The summed E-state index contributed by atoms with van der Waals surface area (Å²) in [7, 11) is 0. The summed E-state index contributed by atoms with van der Waals surface area (Å²) in [6, 6.07) is 6.03. The summed E-state index contributed by atoms with van der Waals surface area (Å²) in [6.07, 6.45) is 0.579. The van der Waals surface area contributed by atoms with Gasteiger partial charge in [-0.2, -0.15) is 0 Å². The molecule has 4 heteroatoms. The zero-order valence-electron chi connectivity index (χ0n) is 9.29. The van der Waals surface area contributed by atoms with Crippen LogP contribution < -0.4 is 10.2 Å². The van der Waals surface area contributed by atoms with E-state index in [1.807, 2.05) is 30.0 Å². The molecule has 1 aromatic carbocycles. The molecule has 1 heterocycles. The molecular formula is C12H15BrN2O. The van der Waals surface area contributed by atoms with Crippen molar-refractivity contribution in [2.75, 3.05) is 24.5 Å². The van der Waals surface area contributed by atoms with Crippen LogP contribution in [0.3, 0.4) is 0 Å². The fraction of sp³-hybridized carbons (Fsp3) is 0.417. The van der Waals surface area contributed by atoms with Crippen molar-refractivity contribution in [1.29, 1.82) is 0 Å². The summed E-state index contributed by atoms with van der Waals surface area (Å²) >= 11 is 3.44. The molecule has 1 aliphatic rings. The van der Waals surface area contributed by atoms with Crippen molar-refractivity contribution in [3.63, 3.8) is 0 Å². The first-order valence-electron chi connectivity index (χ1n) is 5.46. The first-order valence-corrected chi connectivity index (χ1v) is 6.25. The number of hydrogen-bond acceptors (Lipinski definition) is 2. The van der Waals surface area contributed by atoms with Gasteiger partial charge in [0.15, 0.2) is 0 Å². The predicted molar refractivity (Wildman–Crippen MR) is 68.7 cm³/mol. The molecule has 0 radical (unpaired) electrons. The molecule has 0 unspecified atom stereocenters. The number of aryl methyl sites for hydroxylation is 1. The molecule has 0 spiro atoms. The Morgan fingerprint density at radius 2 is 2.19 bits per heavy atom. The Hall–Kier alpha value is -0.870. The third-order valence-electron chi connectivity index (χ3n) is 2.78. The second-order valence-electron chi connectivity index (χ2n) is 3.98. The van der Waals surface area contributed by atoms with E-state index in [9.17, 15) is 4.79 Å². The normalized spacial score (nSPS) is 17.4. The van der Waals surface area contributed by atoms with E-state index < -0.39 is 0 Å². The highest BCUT2D eigenvalue weighted by atomic mass is 79.9. The summed E-state index contributed by atoms with van der Waals surface area (Å²) in [5, 5.41) is 3.24. The van der Waals surface area contributed by atoms with Crippen LogP contribution in [0.5, 0.6) is 0 Å². The minimum absolute atomic E-state index is 0.204. The average molecular weight is 283 g/mol. The highest BCUT2D eigenvalue weighted by Crippen LogP contribution is 2.24. The summed E-state index contributed by atoms with van der Waals surface area (Å²) in [5.41, 5.74) is 2.15. The number of nitrogens with one attached hydrogen (secondary N) is 1. The maximum atomic E-state index is 11.9. The molecule has 1 amide bonds. The number of anilines is 1. The fourth-order valence-corrected chi connectivity index (χ4v) is 2.42. The first kappa shape index (κ1) is 11.6. The summed E-state index contributed by atoms with van der Waals surface area (Å²) in [5.74, 6) is 0.204. The van der Waals surface area contributed by atoms with Crippen LogP contribution in [0.2, 0.25) is 0 Å². The van der Waals surface area contributed by atoms with Gasteiger partial charge in [-0.1, -0.05) is 15.9 Å². The standard InChI is InChI=1S/C12H15BrN2O/c1-9-8-10(13)2-3-11(9)15-7-6-14-5-4-12(15)16/h2-3,8,14H,4-7H2,1H3. The van der Waals surface area contributed by atoms with Crippen LogP contribution in [0.25, 0.3) is 0 Å². The molecule has 1 fully saturated rings. The lowest BCUT2D eigenvalue weighted by atomic mass is 10.1. The SMILES string of the molecule is Cc1cc(Br)ccc1N1CCNCCC1=O. The van der Waals surface area contributed by atoms with Crippen LogP contribution >= 0.6 is 15.9 Å². The van der Waals surface area contributed by atoms with Gasteiger partial charge < -0.3 is 10.2 Å². The van der Waals surface area contributed by atoms with Gasteiger partial charge in [0.05, 0.1) is 0 Å². The number of halogens is 1. The lowest BCUT2D eigenvalue weighted by molar-refractivity contribution is -0.118. The topological polar surface area (TPSA) is 32.3 Å². The molecule has 3 nitrogen and oxygen atoms in total. The molecular weight excluding hydrogens is 268 g/mol.